The van der Waals surface area contributed by atoms with Gasteiger partial charge in [0, 0.05) is 47.6 Å². The normalized spacial score (nSPS) is 11.5. The Kier molecular flexibility index (Phi) is 8.65. The zero-order valence-corrected chi connectivity index (χ0v) is 34.3. The molecule has 0 saturated carbocycles. The highest BCUT2D eigenvalue weighted by Gasteiger charge is 2.21. The van der Waals surface area contributed by atoms with E-state index in [1.807, 2.05) is 29.5 Å². The van der Waals surface area contributed by atoms with Gasteiger partial charge in [-0.3, -0.25) is 0 Å². The van der Waals surface area contributed by atoms with Crippen molar-refractivity contribution in [2.75, 3.05) is 0 Å². The maximum atomic E-state index is 5.47. The molecule has 0 bridgehead atoms. The van der Waals surface area contributed by atoms with Crippen molar-refractivity contribution in [3.05, 3.63) is 218 Å². The van der Waals surface area contributed by atoms with Gasteiger partial charge in [-0.15, -0.1) is 11.3 Å². The maximum Gasteiger partial charge on any atom is 0.166 e. The highest BCUT2D eigenvalue weighted by atomic mass is 32.1. The molecule has 4 nitrogen and oxygen atoms in total. The van der Waals surface area contributed by atoms with E-state index in [1.165, 1.54) is 36.5 Å². The lowest BCUT2D eigenvalue weighted by Gasteiger charge is -2.17. The molecular formula is C57H36N4S. The first kappa shape index (κ1) is 35.9. The number of nitrogens with zero attached hydrogens (tertiary/aromatic N) is 4. The third kappa shape index (κ3) is 6.18. The van der Waals surface area contributed by atoms with Crippen LogP contribution in [0.5, 0.6) is 0 Å². The first-order valence-corrected chi connectivity index (χ1v) is 21.7. The summed E-state index contributed by atoms with van der Waals surface area (Å²) in [6.45, 7) is 0. The molecule has 0 radical (unpaired) electrons. The quantitative estimate of drug-likeness (QED) is 0.161. The van der Waals surface area contributed by atoms with E-state index >= 15 is 0 Å². The zero-order valence-electron chi connectivity index (χ0n) is 33.5. The molecule has 0 aliphatic heterocycles. The van der Waals surface area contributed by atoms with E-state index in [2.05, 4.69) is 205 Å². The summed E-state index contributed by atoms with van der Waals surface area (Å²) in [5.41, 5.74) is 12.7. The maximum absolute atomic E-state index is 5.47. The number of hydrogen-bond acceptors (Lipinski definition) is 4. The summed E-state index contributed by atoms with van der Waals surface area (Å²) in [5.74, 6) is 1.82. The van der Waals surface area contributed by atoms with E-state index in [1.54, 1.807) is 0 Å². The van der Waals surface area contributed by atoms with Gasteiger partial charge in [0.15, 0.2) is 17.5 Å². The van der Waals surface area contributed by atoms with Crippen LogP contribution in [-0.4, -0.2) is 19.5 Å². The van der Waals surface area contributed by atoms with Gasteiger partial charge in [-0.05, 0) is 81.9 Å². The smallest absolute Gasteiger partial charge is 0.166 e. The summed E-state index contributed by atoms with van der Waals surface area (Å²) in [5, 5.41) is 4.93. The third-order valence-electron chi connectivity index (χ3n) is 11.8. The molecular weight excluding hydrogens is 773 g/mol. The van der Waals surface area contributed by atoms with Gasteiger partial charge < -0.3 is 4.57 Å². The monoisotopic (exact) mass is 808 g/mol. The van der Waals surface area contributed by atoms with Crippen molar-refractivity contribution in [3.63, 3.8) is 0 Å². The standard InChI is InChI=1S/C57H36N4S/c1-4-17-37(18-5-1)40-31-32-49(52(36-40)61-50-28-13-10-23-45(50)46-24-11-14-29-51(46)61)57-59-55(39-21-8-3-9-22-39)58-56(60-57)43-34-41(38-19-6-2-7-20-38)33-42(35-43)44-26-16-27-48-47-25-12-15-30-53(47)62-54(44)48/h1-36H. The number of fused-ring (bicyclic) bond motifs is 6. The number of thiophene rings is 1. The number of benzene rings is 9. The van der Waals surface area contributed by atoms with Gasteiger partial charge in [-0.25, -0.2) is 15.0 Å². The second kappa shape index (κ2) is 14.9. The van der Waals surface area contributed by atoms with Crippen LogP contribution >= 0.6 is 11.3 Å². The number of aromatic nitrogens is 4. The van der Waals surface area contributed by atoms with Crippen molar-refractivity contribution in [3.8, 4) is 73.2 Å². The second-order valence-corrected chi connectivity index (χ2v) is 16.6. The molecule has 62 heavy (non-hydrogen) atoms. The Balaban J connectivity index is 1.13. The highest BCUT2D eigenvalue weighted by Crippen LogP contribution is 2.43. The van der Waals surface area contributed by atoms with Crippen molar-refractivity contribution < 1.29 is 0 Å². The van der Waals surface area contributed by atoms with Gasteiger partial charge in [-0.2, -0.15) is 0 Å². The van der Waals surface area contributed by atoms with Crippen LogP contribution in [0.25, 0.3) is 115 Å². The molecule has 0 N–H and O–H groups in total. The molecule has 290 valence electrons. The molecule has 0 unspecified atom stereocenters. The largest absolute Gasteiger partial charge is 0.308 e. The molecule has 0 aliphatic rings. The average Bonchev–Trinajstić information content (AvgIpc) is 3.90. The van der Waals surface area contributed by atoms with Crippen LogP contribution in [0.2, 0.25) is 0 Å². The lowest BCUT2D eigenvalue weighted by molar-refractivity contribution is 1.06. The van der Waals surface area contributed by atoms with Gasteiger partial charge in [0.25, 0.3) is 0 Å². The predicted octanol–water partition coefficient (Wildman–Crippen LogP) is 15.3. The van der Waals surface area contributed by atoms with Crippen LogP contribution < -0.4 is 0 Å². The Morgan fingerprint density at radius 3 is 1.52 bits per heavy atom. The van der Waals surface area contributed by atoms with Crippen LogP contribution in [-0.2, 0) is 0 Å². The minimum Gasteiger partial charge on any atom is -0.308 e. The lowest BCUT2D eigenvalue weighted by atomic mass is 9.95. The number of rotatable bonds is 7. The topological polar surface area (TPSA) is 43.6 Å². The van der Waals surface area contributed by atoms with Gasteiger partial charge in [-0.1, -0.05) is 170 Å². The number of para-hydroxylation sites is 2. The Morgan fingerprint density at radius 1 is 0.306 bits per heavy atom. The molecule has 3 heterocycles. The van der Waals surface area contributed by atoms with Gasteiger partial charge in [0.1, 0.15) is 0 Å². The van der Waals surface area contributed by atoms with Crippen molar-refractivity contribution in [2.45, 2.75) is 0 Å². The fraction of sp³-hybridized carbons (Fsp3) is 0. The Morgan fingerprint density at radius 2 is 0.823 bits per heavy atom. The molecule has 12 aromatic rings. The molecule has 0 aliphatic carbocycles. The molecule has 3 aromatic heterocycles. The first-order chi connectivity index (χ1) is 30.7. The summed E-state index contributed by atoms with van der Waals surface area (Å²) < 4.78 is 4.92. The molecule has 9 aromatic carbocycles. The third-order valence-corrected chi connectivity index (χ3v) is 13.1. The van der Waals surface area contributed by atoms with E-state index in [4.69, 9.17) is 15.0 Å². The molecule has 0 spiro atoms. The molecule has 0 amide bonds. The SMILES string of the molecule is c1ccc(-c2cc(-c3nc(-c4ccccc4)nc(-c4ccc(-c5ccccc5)cc4-n4c5ccccc5c5ccccc54)n3)cc(-c3cccc4c3sc3ccccc34)c2)cc1. The van der Waals surface area contributed by atoms with Crippen LogP contribution in [0.1, 0.15) is 0 Å². The Bertz CT molecular complexity index is 3580. The fourth-order valence-electron chi connectivity index (χ4n) is 8.92. The van der Waals surface area contributed by atoms with Gasteiger partial charge in [0.05, 0.1) is 16.7 Å². The van der Waals surface area contributed by atoms with Crippen molar-refractivity contribution in [1.82, 2.24) is 19.5 Å². The van der Waals surface area contributed by atoms with E-state index in [-0.39, 0.29) is 0 Å². The minimum absolute atomic E-state index is 0.601. The van der Waals surface area contributed by atoms with Crippen LogP contribution in [0.3, 0.4) is 0 Å². The zero-order chi connectivity index (χ0) is 41.0. The average molecular weight is 809 g/mol. The lowest BCUT2D eigenvalue weighted by Crippen LogP contribution is -2.04. The van der Waals surface area contributed by atoms with Crippen molar-refractivity contribution >= 4 is 53.3 Å². The van der Waals surface area contributed by atoms with E-state index in [0.717, 1.165) is 61.2 Å². The van der Waals surface area contributed by atoms with Crippen molar-refractivity contribution in [1.29, 1.82) is 0 Å². The summed E-state index contributed by atoms with van der Waals surface area (Å²) in [4.78, 5) is 16.1. The number of hydrogen-bond donors (Lipinski definition) is 0. The van der Waals surface area contributed by atoms with E-state index < -0.39 is 0 Å². The van der Waals surface area contributed by atoms with Crippen molar-refractivity contribution in [2.24, 2.45) is 0 Å². The van der Waals surface area contributed by atoms with Crippen LogP contribution in [0.4, 0.5) is 0 Å². The van der Waals surface area contributed by atoms with Crippen LogP contribution in [0.15, 0.2) is 218 Å². The molecule has 5 heteroatoms. The van der Waals surface area contributed by atoms with Crippen LogP contribution in [0, 0.1) is 0 Å². The molecule has 12 rings (SSSR count). The Labute approximate surface area is 362 Å². The second-order valence-electron chi connectivity index (χ2n) is 15.6. The van der Waals surface area contributed by atoms with E-state index in [0.29, 0.717) is 17.5 Å². The highest BCUT2D eigenvalue weighted by molar-refractivity contribution is 7.26. The molecule has 0 fully saturated rings. The van der Waals surface area contributed by atoms with E-state index in [9.17, 15) is 0 Å². The minimum atomic E-state index is 0.601. The summed E-state index contributed by atoms with van der Waals surface area (Å²) in [7, 11) is 0. The summed E-state index contributed by atoms with van der Waals surface area (Å²) in [6, 6.07) is 77.5. The van der Waals surface area contributed by atoms with Gasteiger partial charge >= 0.3 is 0 Å². The summed E-state index contributed by atoms with van der Waals surface area (Å²) >= 11 is 1.84. The first-order valence-electron chi connectivity index (χ1n) is 20.8. The van der Waals surface area contributed by atoms with Gasteiger partial charge in [0.2, 0.25) is 0 Å². The Hall–Kier alpha value is -7.99. The summed E-state index contributed by atoms with van der Waals surface area (Å²) in [6.07, 6.45) is 0. The molecule has 0 saturated heterocycles. The fourth-order valence-corrected chi connectivity index (χ4v) is 10.2. The molecule has 0 atom stereocenters. The predicted molar refractivity (Wildman–Crippen MR) is 260 cm³/mol.